The lowest BCUT2D eigenvalue weighted by Gasteiger charge is -2.14. The van der Waals surface area contributed by atoms with Crippen molar-refractivity contribution in [2.24, 2.45) is 5.84 Å². The van der Waals surface area contributed by atoms with Gasteiger partial charge in [0.1, 0.15) is 4.90 Å². The fraction of sp³-hybridized carbons (Fsp3) is 0.500. The van der Waals surface area contributed by atoms with Crippen molar-refractivity contribution in [2.75, 3.05) is 18.5 Å². The third-order valence-corrected chi connectivity index (χ3v) is 4.31. The third kappa shape index (κ3) is 1.99. The molecule has 0 atom stereocenters. The van der Waals surface area contributed by atoms with Gasteiger partial charge in [-0.05, 0) is 12.8 Å². The molecular formula is C8H13N5O2S. The van der Waals surface area contributed by atoms with Gasteiger partial charge in [-0.2, -0.15) is 4.31 Å². The van der Waals surface area contributed by atoms with E-state index >= 15 is 0 Å². The molecule has 88 valence electrons. The van der Waals surface area contributed by atoms with Crippen LogP contribution in [0.1, 0.15) is 12.8 Å². The molecule has 3 N–H and O–H groups in total. The Balaban J connectivity index is 2.28. The number of aromatic nitrogens is 2. The quantitative estimate of drug-likeness (QED) is 0.550. The predicted molar refractivity (Wildman–Crippen MR) is 57.8 cm³/mol. The first kappa shape index (κ1) is 11.2. The Kier molecular flexibility index (Phi) is 3.03. The third-order valence-electron chi connectivity index (χ3n) is 2.46. The molecule has 1 saturated heterocycles. The molecule has 1 aromatic heterocycles. The molecule has 0 bridgehead atoms. The topological polar surface area (TPSA) is 101 Å². The van der Waals surface area contributed by atoms with E-state index in [1.54, 1.807) is 0 Å². The van der Waals surface area contributed by atoms with Gasteiger partial charge >= 0.3 is 0 Å². The maximum absolute atomic E-state index is 12.0. The summed E-state index contributed by atoms with van der Waals surface area (Å²) in [5, 5.41) is 0. The lowest BCUT2D eigenvalue weighted by Crippen LogP contribution is -2.28. The maximum Gasteiger partial charge on any atom is 0.246 e. The van der Waals surface area contributed by atoms with E-state index in [1.165, 1.54) is 16.7 Å². The molecule has 0 aliphatic carbocycles. The molecule has 1 aliphatic rings. The van der Waals surface area contributed by atoms with E-state index in [-0.39, 0.29) is 10.8 Å². The largest absolute Gasteiger partial charge is 0.292 e. The van der Waals surface area contributed by atoms with E-state index in [9.17, 15) is 8.42 Å². The van der Waals surface area contributed by atoms with Crippen molar-refractivity contribution in [3.8, 4) is 0 Å². The first-order chi connectivity index (χ1) is 7.64. The number of anilines is 1. The number of sulfonamides is 1. The molecule has 0 amide bonds. The number of nitrogens with one attached hydrogen (secondary N) is 1. The SMILES string of the molecule is NNc1ncc(S(=O)(=O)N2CCCC2)cn1. The van der Waals surface area contributed by atoms with Crippen molar-refractivity contribution >= 4 is 16.0 Å². The lowest BCUT2D eigenvalue weighted by molar-refractivity contribution is 0.477. The first-order valence-electron chi connectivity index (χ1n) is 4.93. The molecule has 8 heteroatoms. The van der Waals surface area contributed by atoms with Crippen LogP contribution in [-0.2, 0) is 10.0 Å². The van der Waals surface area contributed by atoms with E-state index in [0.29, 0.717) is 13.1 Å². The number of nitrogens with two attached hydrogens (primary N) is 1. The highest BCUT2D eigenvalue weighted by Gasteiger charge is 2.27. The monoisotopic (exact) mass is 243 g/mol. The molecule has 16 heavy (non-hydrogen) atoms. The van der Waals surface area contributed by atoms with E-state index in [4.69, 9.17) is 5.84 Å². The maximum atomic E-state index is 12.0. The Labute approximate surface area is 93.7 Å². The number of nitrogens with zero attached hydrogens (tertiary/aromatic N) is 3. The fourth-order valence-electron chi connectivity index (χ4n) is 1.60. The van der Waals surface area contributed by atoms with E-state index in [0.717, 1.165) is 12.8 Å². The summed E-state index contributed by atoms with van der Waals surface area (Å²) >= 11 is 0. The molecular weight excluding hydrogens is 230 g/mol. The summed E-state index contributed by atoms with van der Waals surface area (Å²) in [6, 6.07) is 0. The molecule has 1 aliphatic heterocycles. The predicted octanol–water partition coefficient (Wildman–Crippen LogP) is -0.453. The van der Waals surface area contributed by atoms with Crippen molar-refractivity contribution in [3.63, 3.8) is 0 Å². The molecule has 0 spiro atoms. The van der Waals surface area contributed by atoms with Gasteiger partial charge in [-0.25, -0.2) is 24.2 Å². The number of hydrogen-bond acceptors (Lipinski definition) is 6. The van der Waals surface area contributed by atoms with Crippen LogP contribution in [0.3, 0.4) is 0 Å². The minimum Gasteiger partial charge on any atom is -0.292 e. The summed E-state index contributed by atoms with van der Waals surface area (Å²) in [6.07, 6.45) is 4.33. The molecule has 2 rings (SSSR count). The second kappa shape index (κ2) is 4.32. The van der Waals surface area contributed by atoms with Crippen molar-refractivity contribution in [1.29, 1.82) is 0 Å². The van der Waals surface area contributed by atoms with Gasteiger partial charge in [0.15, 0.2) is 0 Å². The minimum atomic E-state index is -3.42. The average Bonchev–Trinajstić information content (AvgIpc) is 2.83. The zero-order chi connectivity index (χ0) is 11.6. The van der Waals surface area contributed by atoms with E-state index < -0.39 is 10.0 Å². The standard InChI is InChI=1S/C8H13N5O2S/c9-12-8-10-5-7(6-11-8)16(14,15)13-3-1-2-4-13/h5-6H,1-4,9H2,(H,10,11,12). The van der Waals surface area contributed by atoms with Gasteiger partial charge in [0.2, 0.25) is 16.0 Å². The Morgan fingerprint density at radius 1 is 1.25 bits per heavy atom. The summed E-state index contributed by atoms with van der Waals surface area (Å²) in [6.45, 7) is 1.14. The van der Waals surface area contributed by atoms with Gasteiger partial charge in [0.25, 0.3) is 0 Å². The number of rotatable bonds is 3. The normalized spacial score (nSPS) is 17.6. The summed E-state index contributed by atoms with van der Waals surface area (Å²) in [4.78, 5) is 7.67. The van der Waals surface area contributed by atoms with Crippen LogP contribution in [0.4, 0.5) is 5.95 Å². The van der Waals surface area contributed by atoms with Crippen molar-refractivity contribution in [2.45, 2.75) is 17.7 Å². The molecule has 0 radical (unpaired) electrons. The van der Waals surface area contributed by atoms with Crippen LogP contribution in [0.5, 0.6) is 0 Å². The Morgan fingerprint density at radius 2 is 1.81 bits per heavy atom. The molecule has 0 aromatic carbocycles. The molecule has 0 unspecified atom stereocenters. The van der Waals surface area contributed by atoms with Crippen molar-refractivity contribution in [3.05, 3.63) is 12.4 Å². The fourth-order valence-corrected chi connectivity index (χ4v) is 3.01. The number of hydrazine groups is 1. The number of hydrogen-bond donors (Lipinski definition) is 2. The second-order valence-corrected chi connectivity index (χ2v) is 5.44. The Morgan fingerprint density at radius 3 is 2.31 bits per heavy atom. The molecule has 7 nitrogen and oxygen atoms in total. The zero-order valence-electron chi connectivity index (χ0n) is 8.63. The van der Waals surface area contributed by atoms with Crippen LogP contribution in [0.25, 0.3) is 0 Å². The van der Waals surface area contributed by atoms with Gasteiger partial charge in [0.05, 0.1) is 12.4 Å². The van der Waals surface area contributed by atoms with Crippen LogP contribution in [0.15, 0.2) is 17.3 Å². The van der Waals surface area contributed by atoms with E-state index in [2.05, 4.69) is 15.4 Å². The summed E-state index contributed by atoms with van der Waals surface area (Å²) in [5.41, 5.74) is 2.24. The Hall–Kier alpha value is -1.25. The summed E-state index contributed by atoms with van der Waals surface area (Å²) in [5.74, 6) is 5.29. The summed E-state index contributed by atoms with van der Waals surface area (Å²) < 4.78 is 25.5. The highest BCUT2D eigenvalue weighted by Crippen LogP contribution is 2.19. The van der Waals surface area contributed by atoms with Crippen molar-refractivity contribution < 1.29 is 8.42 Å². The smallest absolute Gasteiger partial charge is 0.246 e. The average molecular weight is 243 g/mol. The highest BCUT2D eigenvalue weighted by atomic mass is 32.2. The van der Waals surface area contributed by atoms with Crippen LogP contribution >= 0.6 is 0 Å². The van der Waals surface area contributed by atoms with Crippen LogP contribution in [0.2, 0.25) is 0 Å². The van der Waals surface area contributed by atoms with Gasteiger partial charge in [-0.1, -0.05) is 0 Å². The van der Waals surface area contributed by atoms with Gasteiger partial charge in [-0.15, -0.1) is 0 Å². The number of nitrogen functional groups attached to an aromatic ring is 1. The second-order valence-electron chi connectivity index (χ2n) is 3.50. The van der Waals surface area contributed by atoms with Crippen LogP contribution in [0, 0.1) is 0 Å². The highest BCUT2D eigenvalue weighted by molar-refractivity contribution is 7.89. The minimum absolute atomic E-state index is 0.105. The molecule has 0 saturated carbocycles. The van der Waals surface area contributed by atoms with E-state index in [1.807, 2.05) is 0 Å². The van der Waals surface area contributed by atoms with Crippen LogP contribution in [-0.4, -0.2) is 35.8 Å². The summed E-state index contributed by atoms with van der Waals surface area (Å²) in [7, 11) is -3.42. The zero-order valence-corrected chi connectivity index (χ0v) is 9.44. The first-order valence-corrected chi connectivity index (χ1v) is 6.37. The van der Waals surface area contributed by atoms with Gasteiger partial charge in [0, 0.05) is 13.1 Å². The molecule has 2 heterocycles. The van der Waals surface area contributed by atoms with Gasteiger partial charge < -0.3 is 0 Å². The lowest BCUT2D eigenvalue weighted by atomic mass is 10.4. The van der Waals surface area contributed by atoms with Crippen molar-refractivity contribution in [1.82, 2.24) is 14.3 Å². The van der Waals surface area contributed by atoms with Gasteiger partial charge in [-0.3, -0.25) is 5.43 Å². The molecule has 1 aromatic rings. The van der Waals surface area contributed by atoms with Crippen LogP contribution < -0.4 is 11.3 Å². The Bertz CT molecular complexity index is 452. The molecule has 1 fully saturated rings.